The summed E-state index contributed by atoms with van der Waals surface area (Å²) in [5.41, 5.74) is 1.86. The van der Waals surface area contributed by atoms with E-state index in [4.69, 9.17) is 5.26 Å². The lowest BCUT2D eigenvalue weighted by molar-refractivity contribution is 0.630. The van der Waals surface area contributed by atoms with E-state index in [2.05, 4.69) is 27.3 Å². The second-order valence-corrected chi connectivity index (χ2v) is 4.66. The average molecular weight is 305 g/mol. The SMILES string of the molecule is N#Cc1ccccc1CNc1cc(Br)ccc1F. The Labute approximate surface area is 113 Å². The molecule has 0 spiro atoms. The maximum atomic E-state index is 13.5. The number of benzene rings is 2. The van der Waals surface area contributed by atoms with Crippen molar-refractivity contribution in [1.82, 2.24) is 0 Å². The smallest absolute Gasteiger partial charge is 0.146 e. The van der Waals surface area contributed by atoms with Gasteiger partial charge in [0.05, 0.1) is 17.3 Å². The summed E-state index contributed by atoms with van der Waals surface area (Å²) in [6.07, 6.45) is 0. The van der Waals surface area contributed by atoms with Crippen LogP contribution in [0.1, 0.15) is 11.1 Å². The zero-order chi connectivity index (χ0) is 13.0. The molecule has 0 heterocycles. The third kappa shape index (κ3) is 2.88. The third-order valence-corrected chi connectivity index (χ3v) is 3.03. The fraction of sp³-hybridized carbons (Fsp3) is 0.0714. The van der Waals surface area contributed by atoms with Crippen molar-refractivity contribution in [2.45, 2.75) is 6.54 Å². The molecule has 0 radical (unpaired) electrons. The minimum absolute atomic E-state index is 0.312. The van der Waals surface area contributed by atoms with Crippen molar-refractivity contribution in [3.63, 3.8) is 0 Å². The molecule has 4 heteroatoms. The van der Waals surface area contributed by atoms with Crippen LogP contribution >= 0.6 is 15.9 Å². The van der Waals surface area contributed by atoms with Gasteiger partial charge in [-0.25, -0.2) is 4.39 Å². The number of hydrogen-bond acceptors (Lipinski definition) is 2. The minimum atomic E-state index is -0.312. The molecule has 0 aliphatic heterocycles. The number of hydrogen-bond donors (Lipinski definition) is 1. The van der Waals surface area contributed by atoms with Crippen LogP contribution in [0.2, 0.25) is 0 Å². The molecule has 0 aliphatic carbocycles. The molecular weight excluding hydrogens is 295 g/mol. The van der Waals surface area contributed by atoms with Gasteiger partial charge in [0.1, 0.15) is 5.82 Å². The van der Waals surface area contributed by atoms with E-state index in [0.717, 1.165) is 10.0 Å². The summed E-state index contributed by atoms with van der Waals surface area (Å²) in [6, 6.07) is 14.1. The maximum absolute atomic E-state index is 13.5. The van der Waals surface area contributed by atoms with E-state index < -0.39 is 0 Å². The Morgan fingerprint density at radius 1 is 1.22 bits per heavy atom. The van der Waals surface area contributed by atoms with Crippen LogP contribution in [0.3, 0.4) is 0 Å². The van der Waals surface area contributed by atoms with Crippen LogP contribution in [-0.4, -0.2) is 0 Å². The predicted octanol–water partition coefficient (Wildman–Crippen LogP) is 4.07. The van der Waals surface area contributed by atoms with Gasteiger partial charge in [-0.2, -0.15) is 5.26 Å². The molecule has 0 fully saturated rings. The summed E-state index contributed by atoms with van der Waals surface area (Å²) in [7, 11) is 0. The second kappa shape index (κ2) is 5.65. The molecule has 0 unspecified atom stereocenters. The van der Waals surface area contributed by atoms with Gasteiger partial charge in [0.15, 0.2) is 0 Å². The molecule has 0 aliphatic rings. The van der Waals surface area contributed by atoms with Crippen molar-refractivity contribution in [2.75, 3.05) is 5.32 Å². The Hall–Kier alpha value is -1.86. The first-order chi connectivity index (χ1) is 8.70. The highest BCUT2D eigenvalue weighted by Crippen LogP contribution is 2.21. The van der Waals surface area contributed by atoms with Crippen LogP contribution in [-0.2, 0) is 6.54 Å². The minimum Gasteiger partial charge on any atom is -0.379 e. The standard InChI is InChI=1S/C14H10BrFN2/c15-12-5-6-13(16)14(7-12)18-9-11-4-2-1-3-10(11)8-17/h1-7,18H,9H2. The quantitative estimate of drug-likeness (QED) is 0.927. The molecule has 0 atom stereocenters. The lowest BCUT2D eigenvalue weighted by atomic mass is 10.1. The number of nitriles is 1. The normalized spacial score (nSPS) is 9.83. The fourth-order valence-electron chi connectivity index (χ4n) is 1.61. The van der Waals surface area contributed by atoms with E-state index in [-0.39, 0.29) is 5.82 Å². The van der Waals surface area contributed by atoms with E-state index in [9.17, 15) is 4.39 Å². The van der Waals surface area contributed by atoms with Crippen LogP contribution in [0, 0.1) is 17.1 Å². The number of nitrogens with one attached hydrogen (secondary N) is 1. The molecule has 90 valence electrons. The van der Waals surface area contributed by atoms with E-state index >= 15 is 0 Å². The van der Waals surface area contributed by atoms with Crippen molar-refractivity contribution in [3.05, 3.63) is 63.9 Å². The average Bonchev–Trinajstić information content (AvgIpc) is 2.40. The Kier molecular flexibility index (Phi) is 3.96. The molecule has 0 amide bonds. The second-order valence-electron chi connectivity index (χ2n) is 3.75. The molecule has 0 aromatic heterocycles. The van der Waals surface area contributed by atoms with Crippen molar-refractivity contribution in [1.29, 1.82) is 5.26 Å². The summed E-state index contributed by atoms with van der Waals surface area (Å²) in [5.74, 6) is -0.312. The van der Waals surface area contributed by atoms with Gasteiger partial charge in [0.25, 0.3) is 0 Å². The largest absolute Gasteiger partial charge is 0.379 e. The number of halogens is 2. The summed E-state index contributed by atoms with van der Waals surface area (Å²) >= 11 is 3.29. The molecular formula is C14H10BrFN2. The summed E-state index contributed by atoms with van der Waals surface area (Å²) in [6.45, 7) is 0.414. The van der Waals surface area contributed by atoms with Crippen molar-refractivity contribution in [2.24, 2.45) is 0 Å². The monoisotopic (exact) mass is 304 g/mol. The first-order valence-corrected chi connectivity index (χ1v) is 6.17. The van der Waals surface area contributed by atoms with Gasteiger partial charge in [-0.3, -0.25) is 0 Å². The van der Waals surface area contributed by atoms with Crippen LogP contribution in [0.4, 0.5) is 10.1 Å². The van der Waals surface area contributed by atoms with Crippen molar-refractivity contribution < 1.29 is 4.39 Å². The zero-order valence-corrected chi connectivity index (χ0v) is 11.0. The van der Waals surface area contributed by atoms with Crippen LogP contribution in [0.25, 0.3) is 0 Å². The van der Waals surface area contributed by atoms with Gasteiger partial charge in [-0.05, 0) is 29.8 Å². The van der Waals surface area contributed by atoms with Crippen LogP contribution in [0.15, 0.2) is 46.9 Å². The molecule has 2 nitrogen and oxygen atoms in total. The Morgan fingerprint density at radius 2 is 2.00 bits per heavy atom. The van der Waals surface area contributed by atoms with Crippen LogP contribution < -0.4 is 5.32 Å². The van der Waals surface area contributed by atoms with Gasteiger partial charge < -0.3 is 5.32 Å². The van der Waals surface area contributed by atoms with E-state index in [1.54, 1.807) is 18.2 Å². The highest BCUT2D eigenvalue weighted by Gasteiger charge is 2.04. The Bertz CT molecular complexity index is 605. The van der Waals surface area contributed by atoms with Crippen molar-refractivity contribution >= 4 is 21.6 Å². The fourth-order valence-corrected chi connectivity index (χ4v) is 1.97. The van der Waals surface area contributed by atoms with E-state index in [0.29, 0.717) is 17.8 Å². The van der Waals surface area contributed by atoms with E-state index in [1.807, 2.05) is 18.2 Å². The van der Waals surface area contributed by atoms with Gasteiger partial charge in [-0.15, -0.1) is 0 Å². The molecule has 0 saturated carbocycles. The highest BCUT2D eigenvalue weighted by molar-refractivity contribution is 9.10. The number of rotatable bonds is 3. The summed E-state index contributed by atoms with van der Waals surface area (Å²) in [5, 5.41) is 11.9. The maximum Gasteiger partial charge on any atom is 0.146 e. The van der Waals surface area contributed by atoms with Gasteiger partial charge in [0.2, 0.25) is 0 Å². The summed E-state index contributed by atoms with van der Waals surface area (Å²) < 4.78 is 14.3. The predicted molar refractivity (Wildman–Crippen MR) is 72.6 cm³/mol. The number of anilines is 1. The topological polar surface area (TPSA) is 35.8 Å². The highest BCUT2D eigenvalue weighted by atomic mass is 79.9. The van der Waals surface area contributed by atoms with Crippen LogP contribution in [0.5, 0.6) is 0 Å². The molecule has 0 bridgehead atoms. The molecule has 2 aromatic rings. The molecule has 18 heavy (non-hydrogen) atoms. The Balaban J connectivity index is 2.17. The lowest BCUT2D eigenvalue weighted by Gasteiger charge is -2.09. The van der Waals surface area contributed by atoms with Crippen molar-refractivity contribution in [3.8, 4) is 6.07 Å². The van der Waals surface area contributed by atoms with Gasteiger partial charge >= 0.3 is 0 Å². The van der Waals surface area contributed by atoms with Gasteiger partial charge in [-0.1, -0.05) is 34.1 Å². The lowest BCUT2D eigenvalue weighted by Crippen LogP contribution is -2.03. The molecule has 2 aromatic carbocycles. The molecule has 2 rings (SSSR count). The molecule has 1 N–H and O–H groups in total. The first-order valence-electron chi connectivity index (χ1n) is 5.37. The third-order valence-electron chi connectivity index (χ3n) is 2.54. The van der Waals surface area contributed by atoms with E-state index in [1.165, 1.54) is 6.07 Å². The number of nitrogens with zero attached hydrogens (tertiary/aromatic N) is 1. The molecule has 0 saturated heterocycles. The Morgan fingerprint density at radius 3 is 2.78 bits per heavy atom. The van der Waals surface area contributed by atoms with Gasteiger partial charge in [0, 0.05) is 11.0 Å². The zero-order valence-electron chi connectivity index (χ0n) is 9.45. The first kappa shape index (κ1) is 12.6. The summed E-state index contributed by atoms with van der Waals surface area (Å²) in [4.78, 5) is 0.